The number of nitrogens with one attached hydrogen (secondary N) is 1. The molecular formula is C13H23N5O. The number of aryl methyl sites for hydroxylation is 1. The second-order valence-corrected chi connectivity index (χ2v) is 5.13. The Hall–Kier alpha value is -1.56. The van der Waals surface area contributed by atoms with Gasteiger partial charge in [-0.2, -0.15) is 5.10 Å². The van der Waals surface area contributed by atoms with Crippen LogP contribution in [0.25, 0.3) is 0 Å². The Balaban J connectivity index is 1.91. The molecule has 0 bridgehead atoms. The van der Waals surface area contributed by atoms with Gasteiger partial charge in [0.1, 0.15) is 0 Å². The van der Waals surface area contributed by atoms with E-state index in [-0.39, 0.29) is 5.91 Å². The molecule has 2 rings (SSSR count). The van der Waals surface area contributed by atoms with Gasteiger partial charge in [0, 0.05) is 25.3 Å². The molecule has 1 aromatic rings. The highest BCUT2D eigenvalue weighted by molar-refractivity contribution is 5.97. The van der Waals surface area contributed by atoms with Crippen molar-refractivity contribution in [2.75, 3.05) is 25.9 Å². The maximum Gasteiger partial charge on any atom is 0.273 e. The summed E-state index contributed by atoms with van der Waals surface area (Å²) in [5.41, 5.74) is 6.57. The number of hydrogen-bond donors (Lipinski definition) is 2. The van der Waals surface area contributed by atoms with Crippen LogP contribution < -0.4 is 11.1 Å². The summed E-state index contributed by atoms with van der Waals surface area (Å²) in [6, 6.07) is 0.423. The summed E-state index contributed by atoms with van der Waals surface area (Å²) in [5, 5.41) is 7.12. The third kappa shape index (κ3) is 3.26. The Kier molecular flexibility index (Phi) is 4.42. The molecule has 1 saturated heterocycles. The van der Waals surface area contributed by atoms with Crippen molar-refractivity contribution in [3.63, 3.8) is 0 Å². The van der Waals surface area contributed by atoms with Crippen LogP contribution in [0.15, 0.2) is 6.20 Å². The van der Waals surface area contributed by atoms with E-state index in [1.54, 1.807) is 10.9 Å². The molecule has 0 saturated carbocycles. The molecule has 3 N–H and O–H groups in total. The summed E-state index contributed by atoms with van der Waals surface area (Å²) in [6.07, 6.45) is 5.31. The lowest BCUT2D eigenvalue weighted by atomic mass is 10.0. The van der Waals surface area contributed by atoms with Gasteiger partial charge >= 0.3 is 0 Å². The molecule has 0 aromatic carbocycles. The summed E-state index contributed by atoms with van der Waals surface area (Å²) in [4.78, 5) is 14.4. The van der Waals surface area contributed by atoms with E-state index >= 15 is 0 Å². The van der Waals surface area contributed by atoms with Crippen molar-refractivity contribution in [1.82, 2.24) is 20.0 Å². The fraction of sp³-hybridized carbons (Fsp3) is 0.692. The average molecular weight is 265 g/mol. The zero-order valence-electron chi connectivity index (χ0n) is 11.7. The molecule has 0 spiro atoms. The van der Waals surface area contributed by atoms with Crippen LogP contribution in [0.3, 0.4) is 0 Å². The molecule has 0 aliphatic carbocycles. The number of nitrogens with zero attached hydrogens (tertiary/aromatic N) is 3. The van der Waals surface area contributed by atoms with Crippen LogP contribution in [0.2, 0.25) is 0 Å². The van der Waals surface area contributed by atoms with Crippen LogP contribution in [0.1, 0.15) is 36.7 Å². The summed E-state index contributed by atoms with van der Waals surface area (Å²) < 4.78 is 1.68. The summed E-state index contributed by atoms with van der Waals surface area (Å²) in [7, 11) is 2.11. The first kappa shape index (κ1) is 13.9. The third-order valence-electron chi connectivity index (χ3n) is 3.75. The van der Waals surface area contributed by atoms with Gasteiger partial charge in [-0.1, -0.05) is 6.42 Å². The minimum Gasteiger partial charge on any atom is -0.396 e. The van der Waals surface area contributed by atoms with Crippen molar-refractivity contribution < 1.29 is 4.79 Å². The molecule has 0 radical (unpaired) electrons. The van der Waals surface area contributed by atoms with Crippen LogP contribution in [0.4, 0.5) is 5.69 Å². The molecule has 1 aliphatic heterocycles. The number of carbonyl (C=O) groups excluding carboxylic acids is 1. The van der Waals surface area contributed by atoms with E-state index in [9.17, 15) is 4.79 Å². The third-order valence-corrected chi connectivity index (χ3v) is 3.75. The van der Waals surface area contributed by atoms with Crippen molar-refractivity contribution in [3.05, 3.63) is 11.9 Å². The highest BCUT2D eigenvalue weighted by atomic mass is 16.2. The van der Waals surface area contributed by atoms with Gasteiger partial charge in [-0.25, -0.2) is 0 Å². The predicted molar refractivity (Wildman–Crippen MR) is 74.9 cm³/mol. The molecule has 1 aromatic heterocycles. The van der Waals surface area contributed by atoms with Gasteiger partial charge in [0.2, 0.25) is 0 Å². The fourth-order valence-electron chi connectivity index (χ4n) is 2.47. The fourth-order valence-corrected chi connectivity index (χ4v) is 2.47. The number of amides is 1. The number of carbonyl (C=O) groups is 1. The molecule has 1 amide bonds. The molecule has 2 heterocycles. The number of rotatable bonds is 4. The molecule has 1 fully saturated rings. The van der Waals surface area contributed by atoms with Crippen LogP contribution in [0.5, 0.6) is 0 Å². The number of likely N-dealkylation sites (N-methyl/N-ethyl adjacent to an activating group) is 1. The second kappa shape index (κ2) is 6.06. The van der Waals surface area contributed by atoms with Crippen LogP contribution in [-0.4, -0.2) is 46.8 Å². The molecule has 1 atom stereocenters. The molecule has 6 nitrogen and oxygen atoms in total. The topological polar surface area (TPSA) is 76.2 Å². The first-order chi connectivity index (χ1) is 9.11. The van der Waals surface area contributed by atoms with Gasteiger partial charge in [-0.15, -0.1) is 0 Å². The van der Waals surface area contributed by atoms with Crippen molar-refractivity contribution in [3.8, 4) is 0 Å². The molecule has 19 heavy (non-hydrogen) atoms. The quantitative estimate of drug-likeness (QED) is 0.840. The first-order valence-electron chi connectivity index (χ1n) is 6.93. The van der Waals surface area contributed by atoms with Crippen LogP contribution in [0, 0.1) is 0 Å². The van der Waals surface area contributed by atoms with E-state index in [1.165, 1.54) is 12.8 Å². The number of nitrogen functional groups attached to an aromatic ring is 1. The SMILES string of the molecule is CCn1cc(N)c(C(=O)NCC2CCCCN2C)n1. The molecular weight excluding hydrogens is 242 g/mol. The normalized spacial score (nSPS) is 20.4. The van der Waals surface area contributed by atoms with Gasteiger partial charge in [0.05, 0.1) is 5.69 Å². The van der Waals surface area contributed by atoms with E-state index in [2.05, 4.69) is 22.4 Å². The van der Waals surface area contributed by atoms with E-state index in [0.29, 0.717) is 30.5 Å². The smallest absolute Gasteiger partial charge is 0.273 e. The van der Waals surface area contributed by atoms with E-state index < -0.39 is 0 Å². The summed E-state index contributed by atoms with van der Waals surface area (Å²) in [5.74, 6) is -0.177. The average Bonchev–Trinajstić information content (AvgIpc) is 2.79. The second-order valence-electron chi connectivity index (χ2n) is 5.13. The van der Waals surface area contributed by atoms with Gasteiger partial charge in [0.25, 0.3) is 5.91 Å². The Morgan fingerprint density at radius 1 is 1.58 bits per heavy atom. The number of aromatic nitrogens is 2. The van der Waals surface area contributed by atoms with Gasteiger partial charge in [-0.05, 0) is 33.4 Å². The van der Waals surface area contributed by atoms with E-state index in [4.69, 9.17) is 5.73 Å². The number of likely N-dealkylation sites (tertiary alicyclic amines) is 1. The molecule has 106 valence electrons. The highest BCUT2D eigenvalue weighted by Gasteiger charge is 2.21. The van der Waals surface area contributed by atoms with Crippen molar-refractivity contribution >= 4 is 11.6 Å². The summed E-state index contributed by atoms with van der Waals surface area (Å²) >= 11 is 0. The van der Waals surface area contributed by atoms with Crippen molar-refractivity contribution in [2.45, 2.75) is 38.8 Å². The lowest BCUT2D eigenvalue weighted by molar-refractivity contribution is 0.0923. The minimum atomic E-state index is -0.177. The number of piperidine rings is 1. The maximum absolute atomic E-state index is 12.1. The van der Waals surface area contributed by atoms with Crippen LogP contribution in [-0.2, 0) is 6.54 Å². The zero-order chi connectivity index (χ0) is 13.8. The number of nitrogens with two attached hydrogens (primary N) is 1. The molecule has 1 aliphatic rings. The van der Waals surface area contributed by atoms with Crippen molar-refractivity contribution in [2.24, 2.45) is 0 Å². The Morgan fingerprint density at radius 3 is 3.00 bits per heavy atom. The van der Waals surface area contributed by atoms with E-state index in [1.807, 2.05) is 6.92 Å². The largest absolute Gasteiger partial charge is 0.396 e. The molecule has 1 unspecified atom stereocenters. The lowest BCUT2D eigenvalue weighted by Crippen LogP contribution is -2.44. The standard InChI is InChI=1S/C13H23N5O/c1-3-18-9-11(14)12(16-18)13(19)15-8-10-6-4-5-7-17(10)2/h9-10H,3-8,14H2,1-2H3,(H,15,19). The molecule has 6 heteroatoms. The summed E-state index contributed by atoms with van der Waals surface area (Å²) in [6.45, 7) is 4.44. The van der Waals surface area contributed by atoms with Gasteiger partial charge in [-0.3, -0.25) is 9.48 Å². The van der Waals surface area contributed by atoms with Gasteiger partial charge in [0.15, 0.2) is 5.69 Å². The Labute approximate surface area is 113 Å². The zero-order valence-corrected chi connectivity index (χ0v) is 11.7. The highest BCUT2D eigenvalue weighted by Crippen LogP contribution is 2.14. The van der Waals surface area contributed by atoms with Gasteiger partial charge < -0.3 is 16.0 Å². The lowest BCUT2D eigenvalue weighted by Gasteiger charge is -2.32. The van der Waals surface area contributed by atoms with E-state index in [0.717, 1.165) is 13.0 Å². The minimum absolute atomic E-state index is 0.177. The first-order valence-corrected chi connectivity index (χ1v) is 6.93. The number of anilines is 1. The number of hydrogen-bond acceptors (Lipinski definition) is 4. The predicted octanol–water partition coefficient (Wildman–Crippen LogP) is 0.699. The maximum atomic E-state index is 12.1. The Morgan fingerprint density at radius 2 is 2.37 bits per heavy atom. The monoisotopic (exact) mass is 265 g/mol. The van der Waals surface area contributed by atoms with Crippen LogP contribution >= 0.6 is 0 Å². The van der Waals surface area contributed by atoms with Crippen molar-refractivity contribution in [1.29, 1.82) is 0 Å². The Bertz CT molecular complexity index is 442.